The number of nitrogens with two attached hydrogens (primary N) is 1. The first kappa shape index (κ1) is 10.2. The van der Waals surface area contributed by atoms with Crippen LogP contribution in [0.5, 0.6) is 5.75 Å². The fraction of sp³-hybridized carbons (Fsp3) is 0.455. The van der Waals surface area contributed by atoms with Crippen LogP contribution in [0, 0.1) is 5.82 Å². The number of rotatable bonds is 3. The van der Waals surface area contributed by atoms with E-state index in [2.05, 4.69) is 0 Å². The first-order valence-corrected chi connectivity index (χ1v) is 5.06. The molecule has 1 atom stereocenters. The van der Waals surface area contributed by atoms with E-state index in [9.17, 15) is 4.39 Å². The molecule has 1 fully saturated rings. The van der Waals surface area contributed by atoms with Crippen LogP contribution in [0.1, 0.15) is 12.8 Å². The maximum Gasteiger partial charge on any atom is 0.177 e. The third kappa shape index (κ3) is 2.39. The summed E-state index contributed by atoms with van der Waals surface area (Å²) in [5.41, 5.74) is 5.93. The largest absolute Gasteiger partial charge is 0.486 e. The minimum Gasteiger partial charge on any atom is -0.486 e. The molecule has 0 amide bonds. The van der Waals surface area contributed by atoms with Crippen LogP contribution in [0.3, 0.4) is 0 Å². The van der Waals surface area contributed by atoms with Gasteiger partial charge in [0.2, 0.25) is 0 Å². The Morgan fingerprint density at radius 3 is 3.07 bits per heavy atom. The highest BCUT2D eigenvalue weighted by molar-refractivity contribution is 5.52. The molecule has 1 aromatic carbocycles. The highest BCUT2D eigenvalue weighted by Gasteiger charge is 2.17. The second-order valence-electron chi connectivity index (χ2n) is 3.60. The van der Waals surface area contributed by atoms with Gasteiger partial charge in [-0.15, -0.1) is 0 Å². The molecule has 0 bridgehead atoms. The molecule has 2 N–H and O–H groups in total. The molecule has 1 saturated heterocycles. The van der Waals surface area contributed by atoms with Gasteiger partial charge in [-0.05, 0) is 25.0 Å². The zero-order chi connectivity index (χ0) is 10.7. The number of benzene rings is 1. The quantitative estimate of drug-likeness (QED) is 0.777. The Bertz CT molecular complexity index is 317. The Hall–Kier alpha value is -1.29. The number of halogens is 1. The SMILES string of the molecule is Nc1cccc(F)c1OC[C@@H]1CCCO1. The molecule has 1 aliphatic heterocycles. The van der Waals surface area contributed by atoms with Gasteiger partial charge < -0.3 is 15.2 Å². The molecule has 0 unspecified atom stereocenters. The Labute approximate surface area is 88.0 Å². The summed E-state index contributed by atoms with van der Waals surface area (Å²) in [5.74, 6) is -0.291. The monoisotopic (exact) mass is 211 g/mol. The Morgan fingerprint density at radius 2 is 2.40 bits per heavy atom. The molecule has 2 rings (SSSR count). The number of para-hydroxylation sites is 1. The third-order valence-electron chi connectivity index (χ3n) is 2.43. The molecular weight excluding hydrogens is 197 g/mol. The van der Waals surface area contributed by atoms with Crippen molar-refractivity contribution in [3.63, 3.8) is 0 Å². The summed E-state index contributed by atoms with van der Waals surface area (Å²) in [6.07, 6.45) is 2.08. The molecule has 0 spiro atoms. The molecule has 4 heteroatoms. The van der Waals surface area contributed by atoms with Crippen LogP contribution in [0.4, 0.5) is 10.1 Å². The van der Waals surface area contributed by atoms with Gasteiger partial charge in [0.05, 0.1) is 11.8 Å². The summed E-state index contributed by atoms with van der Waals surface area (Å²) < 4.78 is 24.0. The minimum absolute atomic E-state index is 0.0732. The maximum atomic E-state index is 13.3. The van der Waals surface area contributed by atoms with Crippen molar-refractivity contribution in [3.05, 3.63) is 24.0 Å². The van der Waals surface area contributed by atoms with E-state index >= 15 is 0 Å². The lowest BCUT2D eigenvalue weighted by Crippen LogP contribution is -2.17. The standard InChI is InChI=1S/C11H14FNO2/c12-9-4-1-5-10(13)11(9)15-7-8-3-2-6-14-8/h1,4-5,8H,2-3,6-7,13H2/t8-/m0/s1. The summed E-state index contributed by atoms with van der Waals surface area (Å²) in [5, 5.41) is 0. The van der Waals surface area contributed by atoms with Crippen LogP contribution in [0.2, 0.25) is 0 Å². The van der Waals surface area contributed by atoms with E-state index in [1.807, 2.05) is 0 Å². The average Bonchev–Trinajstić information content (AvgIpc) is 2.70. The average molecular weight is 211 g/mol. The highest BCUT2D eigenvalue weighted by atomic mass is 19.1. The molecule has 1 aliphatic rings. The number of ether oxygens (including phenoxy) is 2. The van der Waals surface area contributed by atoms with Crippen molar-refractivity contribution in [2.45, 2.75) is 18.9 Å². The third-order valence-corrected chi connectivity index (χ3v) is 2.43. The van der Waals surface area contributed by atoms with Crippen LogP contribution in [0.25, 0.3) is 0 Å². The summed E-state index contributed by atoms with van der Waals surface area (Å²) >= 11 is 0. The topological polar surface area (TPSA) is 44.5 Å². The molecule has 0 aromatic heterocycles. The smallest absolute Gasteiger partial charge is 0.177 e. The van der Waals surface area contributed by atoms with Gasteiger partial charge >= 0.3 is 0 Å². The van der Waals surface area contributed by atoms with Crippen molar-refractivity contribution < 1.29 is 13.9 Å². The van der Waals surface area contributed by atoms with E-state index in [-0.39, 0.29) is 11.9 Å². The first-order valence-electron chi connectivity index (χ1n) is 5.06. The van der Waals surface area contributed by atoms with Crippen molar-refractivity contribution in [2.24, 2.45) is 0 Å². The maximum absolute atomic E-state index is 13.3. The van der Waals surface area contributed by atoms with Crippen LogP contribution >= 0.6 is 0 Å². The van der Waals surface area contributed by atoms with Crippen LogP contribution in [0.15, 0.2) is 18.2 Å². The van der Waals surface area contributed by atoms with E-state index < -0.39 is 5.82 Å². The van der Waals surface area contributed by atoms with Crippen LogP contribution in [-0.4, -0.2) is 19.3 Å². The Kier molecular flexibility index (Phi) is 3.06. The fourth-order valence-corrected chi connectivity index (χ4v) is 1.63. The summed E-state index contributed by atoms with van der Waals surface area (Å²) in [6.45, 7) is 1.13. The molecule has 82 valence electrons. The van der Waals surface area contributed by atoms with Gasteiger partial charge in [-0.3, -0.25) is 0 Å². The molecular formula is C11H14FNO2. The minimum atomic E-state index is -0.423. The van der Waals surface area contributed by atoms with E-state index in [0.717, 1.165) is 19.4 Å². The molecule has 1 heterocycles. The van der Waals surface area contributed by atoms with Crippen molar-refractivity contribution in [2.75, 3.05) is 18.9 Å². The zero-order valence-corrected chi connectivity index (χ0v) is 8.41. The van der Waals surface area contributed by atoms with Gasteiger partial charge in [0.25, 0.3) is 0 Å². The van der Waals surface area contributed by atoms with Gasteiger partial charge in [0, 0.05) is 6.61 Å². The van der Waals surface area contributed by atoms with Crippen LogP contribution < -0.4 is 10.5 Å². The number of anilines is 1. The molecule has 1 aromatic rings. The predicted molar refractivity (Wildman–Crippen MR) is 55.3 cm³/mol. The Balaban J connectivity index is 1.97. The molecule has 3 nitrogen and oxygen atoms in total. The molecule has 0 aliphatic carbocycles. The number of hydrogen-bond acceptors (Lipinski definition) is 3. The van der Waals surface area contributed by atoms with E-state index in [0.29, 0.717) is 12.3 Å². The number of hydrogen-bond donors (Lipinski definition) is 1. The van der Waals surface area contributed by atoms with Gasteiger partial charge in [-0.1, -0.05) is 6.07 Å². The van der Waals surface area contributed by atoms with Crippen LogP contribution in [-0.2, 0) is 4.74 Å². The van der Waals surface area contributed by atoms with Gasteiger partial charge in [0.15, 0.2) is 11.6 Å². The Morgan fingerprint density at radius 1 is 1.53 bits per heavy atom. The van der Waals surface area contributed by atoms with Gasteiger partial charge in [0.1, 0.15) is 6.61 Å². The first-order chi connectivity index (χ1) is 7.27. The lowest BCUT2D eigenvalue weighted by Gasteiger charge is -2.13. The van der Waals surface area contributed by atoms with Crippen molar-refractivity contribution in [3.8, 4) is 5.75 Å². The van der Waals surface area contributed by atoms with Crippen molar-refractivity contribution in [1.82, 2.24) is 0 Å². The second-order valence-corrected chi connectivity index (χ2v) is 3.60. The van der Waals surface area contributed by atoms with Gasteiger partial charge in [-0.25, -0.2) is 4.39 Å². The van der Waals surface area contributed by atoms with Gasteiger partial charge in [-0.2, -0.15) is 0 Å². The fourth-order valence-electron chi connectivity index (χ4n) is 1.63. The van der Waals surface area contributed by atoms with E-state index in [1.165, 1.54) is 6.07 Å². The van der Waals surface area contributed by atoms with E-state index in [4.69, 9.17) is 15.2 Å². The molecule has 0 radical (unpaired) electrons. The van der Waals surface area contributed by atoms with Crippen molar-refractivity contribution in [1.29, 1.82) is 0 Å². The second kappa shape index (κ2) is 4.49. The van der Waals surface area contributed by atoms with Crippen molar-refractivity contribution >= 4 is 5.69 Å². The lowest BCUT2D eigenvalue weighted by molar-refractivity contribution is 0.0669. The summed E-state index contributed by atoms with van der Waals surface area (Å²) in [4.78, 5) is 0. The van der Waals surface area contributed by atoms with E-state index in [1.54, 1.807) is 12.1 Å². The highest BCUT2D eigenvalue weighted by Crippen LogP contribution is 2.25. The lowest BCUT2D eigenvalue weighted by atomic mass is 10.2. The summed E-state index contributed by atoms with van der Waals surface area (Å²) in [7, 11) is 0. The molecule has 0 saturated carbocycles. The normalized spacial score (nSPS) is 20.5. The number of nitrogen functional groups attached to an aromatic ring is 1. The zero-order valence-electron chi connectivity index (χ0n) is 8.41. The summed E-state index contributed by atoms with van der Waals surface area (Å²) in [6, 6.07) is 4.51. The molecule has 15 heavy (non-hydrogen) atoms. The predicted octanol–water partition coefficient (Wildman–Crippen LogP) is 1.97.